The van der Waals surface area contributed by atoms with Gasteiger partial charge < -0.3 is 10.4 Å². The number of phenols is 1. The van der Waals surface area contributed by atoms with E-state index < -0.39 is 0 Å². The molecular formula is C17H27NO. The van der Waals surface area contributed by atoms with E-state index in [4.69, 9.17) is 0 Å². The maximum Gasteiger partial charge on any atom is 0.115 e. The highest BCUT2D eigenvalue weighted by atomic mass is 16.3. The van der Waals surface area contributed by atoms with Crippen molar-refractivity contribution in [2.75, 3.05) is 0 Å². The first kappa shape index (κ1) is 14.4. The third-order valence-electron chi connectivity index (χ3n) is 4.44. The van der Waals surface area contributed by atoms with Gasteiger partial charge in [-0.1, -0.05) is 26.0 Å². The van der Waals surface area contributed by atoms with Gasteiger partial charge in [-0.2, -0.15) is 0 Å². The summed E-state index contributed by atoms with van der Waals surface area (Å²) in [6, 6.07) is 8.88. The van der Waals surface area contributed by atoms with Crippen molar-refractivity contribution in [3.05, 3.63) is 29.8 Å². The molecule has 0 aromatic heterocycles. The smallest absolute Gasteiger partial charge is 0.115 e. The van der Waals surface area contributed by atoms with Crippen LogP contribution in [0.4, 0.5) is 0 Å². The fourth-order valence-electron chi connectivity index (χ4n) is 2.87. The standard InChI is InChI=1S/C17H27NO/c1-12(2)15-10-16(11-15)18-13(3)4-5-14-6-8-17(19)9-7-14/h6-9,12-13,15-16,18-19H,4-5,10-11H2,1-3H3. The molecule has 1 atom stereocenters. The largest absolute Gasteiger partial charge is 0.508 e. The summed E-state index contributed by atoms with van der Waals surface area (Å²) in [6.45, 7) is 6.94. The molecule has 1 aromatic rings. The quantitative estimate of drug-likeness (QED) is 0.817. The van der Waals surface area contributed by atoms with E-state index in [0.29, 0.717) is 11.8 Å². The molecule has 1 unspecified atom stereocenters. The summed E-state index contributed by atoms with van der Waals surface area (Å²) in [7, 11) is 0. The summed E-state index contributed by atoms with van der Waals surface area (Å²) in [4.78, 5) is 0. The van der Waals surface area contributed by atoms with Crippen LogP contribution in [0, 0.1) is 11.8 Å². The molecule has 0 radical (unpaired) electrons. The number of nitrogens with one attached hydrogen (secondary N) is 1. The summed E-state index contributed by atoms with van der Waals surface area (Å²) in [5, 5.41) is 13.0. The van der Waals surface area contributed by atoms with E-state index in [9.17, 15) is 5.11 Å². The van der Waals surface area contributed by atoms with Crippen LogP contribution >= 0.6 is 0 Å². The van der Waals surface area contributed by atoms with E-state index >= 15 is 0 Å². The van der Waals surface area contributed by atoms with Gasteiger partial charge in [0, 0.05) is 12.1 Å². The van der Waals surface area contributed by atoms with Crippen molar-refractivity contribution in [2.45, 2.75) is 58.5 Å². The molecule has 0 aliphatic heterocycles. The molecule has 2 heteroatoms. The van der Waals surface area contributed by atoms with Crippen molar-refractivity contribution in [1.29, 1.82) is 0 Å². The fourth-order valence-corrected chi connectivity index (χ4v) is 2.87. The topological polar surface area (TPSA) is 32.3 Å². The lowest BCUT2D eigenvalue weighted by atomic mass is 9.73. The van der Waals surface area contributed by atoms with Gasteiger partial charge in [-0.25, -0.2) is 0 Å². The van der Waals surface area contributed by atoms with Gasteiger partial charge in [0.2, 0.25) is 0 Å². The highest BCUT2D eigenvalue weighted by Crippen LogP contribution is 2.33. The second kappa shape index (κ2) is 6.42. The lowest BCUT2D eigenvalue weighted by Crippen LogP contribution is -2.46. The van der Waals surface area contributed by atoms with E-state index in [1.165, 1.54) is 18.4 Å². The van der Waals surface area contributed by atoms with Gasteiger partial charge in [0.05, 0.1) is 0 Å². The van der Waals surface area contributed by atoms with E-state index in [-0.39, 0.29) is 0 Å². The average molecular weight is 261 g/mol. The van der Waals surface area contributed by atoms with Crippen LogP contribution in [0.15, 0.2) is 24.3 Å². The van der Waals surface area contributed by atoms with Crippen molar-refractivity contribution in [1.82, 2.24) is 5.32 Å². The summed E-state index contributed by atoms with van der Waals surface area (Å²) < 4.78 is 0. The van der Waals surface area contributed by atoms with Gasteiger partial charge in [0.1, 0.15) is 5.75 Å². The molecule has 0 saturated heterocycles. The lowest BCUT2D eigenvalue weighted by molar-refractivity contribution is 0.158. The summed E-state index contributed by atoms with van der Waals surface area (Å²) in [5.74, 6) is 2.12. The molecule has 2 N–H and O–H groups in total. The van der Waals surface area contributed by atoms with Gasteiger partial charge in [0.25, 0.3) is 0 Å². The third kappa shape index (κ3) is 4.24. The number of benzene rings is 1. The third-order valence-corrected chi connectivity index (χ3v) is 4.44. The molecule has 0 heterocycles. The molecule has 2 nitrogen and oxygen atoms in total. The Labute approximate surface area is 117 Å². The number of hydrogen-bond acceptors (Lipinski definition) is 2. The van der Waals surface area contributed by atoms with E-state index in [0.717, 1.165) is 30.7 Å². The molecule has 0 amide bonds. The Kier molecular flexibility index (Phi) is 4.87. The minimum atomic E-state index is 0.351. The monoisotopic (exact) mass is 261 g/mol. The molecule has 0 bridgehead atoms. The summed E-state index contributed by atoms with van der Waals surface area (Å²) >= 11 is 0. The van der Waals surface area contributed by atoms with Crippen LogP contribution in [0.3, 0.4) is 0 Å². The number of aromatic hydroxyl groups is 1. The van der Waals surface area contributed by atoms with Crippen LogP contribution in [0.2, 0.25) is 0 Å². The number of hydrogen-bond donors (Lipinski definition) is 2. The minimum Gasteiger partial charge on any atom is -0.508 e. The van der Waals surface area contributed by atoms with Crippen LogP contribution < -0.4 is 5.32 Å². The first-order chi connectivity index (χ1) is 9.04. The number of aryl methyl sites for hydroxylation is 1. The van der Waals surface area contributed by atoms with Crippen LogP contribution in [0.5, 0.6) is 5.75 Å². The molecule has 1 saturated carbocycles. The predicted molar refractivity (Wildman–Crippen MR) is 80.4 cm³/mol. The first-order valence-electron chi connectivity index (χ1n) is 7.58. The van der Waals surface area contributed by atoms with Crippen molar-refractivity contribution in [2.24, 2.45) is 11.8 Å². The Balaban J connectivity index is 1.65. The second-order valence-electron chi connectivity index (χ2n) is 6.45. The summed E-state index contributed by atoms with van der Waals surface area (Å²) in [5.41, 5.74) is 1.31. The lowest BCUT2D eigenvalue weighted by Gasteiger charge is -2.40. The Morgan fingerprint density at radius 3 is 2.37 bits per heavy atom. The Hall–Kier alpha value is -1.02. The molecular weight excluding hydrogens is 234 g/mol. The maximum atomic E-state index is 9.25. The van der Waals surface area contributed by atoms with Gasteiger partial charge in [-0.05, 0) is 62.1 Å². The summed E-state index contributed by atoms with van der Waals surface area (Å²) in [6.07, 6.45) is 4.94. The van der Waals surface area contributed by atoms with Gasteiger partial charge in [0.15, 0.2) is 0 Å². The van der Waals surface area contributed by atoms with Crippen LogP contribution in [-0.4, -0.2) is 17.2 Å². The zero-order chi connectivity index (χ0) is 13.8. The molecule has 106 valence electrons. The second-order valence-corrected chi connectivity index (χ2v) is 6.45. The Morgan fingerprint density at radius 2 is 1.79 bits per heavy atom. The number of phenolic OH excluding ortho intramolecular Hbond substituents is 1. The molecule has 0 spiro atoms. The van der Waals surface area contributed by atoms with E-state index in [2.05, 4.69) is 26.1 Å². The molecule has 1 aliphatic carbocycles. The SMILES string of the molecule is CC(CCc1ccc(O)cc1)NC1CC(C(C)C)C1. The maximum absolute atomic E-state index is 9.25. The van der Waals surface area contributed by atoms with Crippen LogP contribution in [-0.2, 0) is 6.42 Å². The van der Waals surface area contributed by atoms with Crippen molar-refractivity contribution >= 4 is 0 Å². The highest BCUT2D eigenvalue weighted by Gasteiger charge is 2.31. The van der Waals surface area contributed by atoms with E-state index in [1.54, 1.807) is 12.1 Å². The predicted octanol–water partition coefficient (Wildman–Crippen LogP) is 3.74. The number of rotatable bonds is 6. The molecule has 1 aliphatic rings. The van der Waals surface area contributed by atoms with Crippen molar-refractivity contribution in [3.8, 4) is 5.75 Å². The molecule has 1 fully saturated rings. The normalized spacial score (nSPS) is 24.2. The molecule has 1 aromatic carbocycles. The van der Waals surface area contributed by atoms with Gasteiger partial charge in [-0.3, -0.25) is 0 Å². The molecule has 19 heavy (non-hydrogen) atoms. The minimum absolute atomic E-state index is 0.351. The zero-order valence-electron chi connectivity index (χ0n) is 12.4. The zero-order valence-corrected chi connectivity index (χ0v) is 12.4. The Bertz CT molecular complexity index is 379. The van der Waals surface area contributed by atoms with Gasteiger partial charge in [-0.15, -0.1) is 0 Å². The van der Waals surface area contributed by atoms with Gasteiger partial charge >= 0.3 is 0 Å². The fraction of sp³-hybridized carbons (Fsp3) is 0.647. The highest BCUT2D eigenvalue weighted by molar-refractivity contribution is 5.25. The van der Waals surface area contributed by atoms with Crippen LogP contribution in [0.25, 0.3) is 0 Å². The van der Waals surface area contributed by atoms with Crippen LogP contribution in [0.1, 0.15) is 45.6 Å². The Morgan fingerprint density at radius 1 is 1.16 bits per heavy atom. The molecule has 2 rings (SSSR count). The average Bonchev–Trinajstić information content (AvgIpc) is 2.32. The van der Waals surface area contributed by atoms with Crippen molar-refractivity contribution < 1.29 is 5.11 Å². The van der Waals surface area contributed by atoms with Crippen molar-refractivity contribution in [3.63, 3.8) is 0 Å². The first-order valence-corrected chi connectivity index (χ1v) is 7.58. The van der Waals surface area contributed by atoms with E-state index in [1.807, 2.05) is 12.1 Å².